The summed E-state index contributed by atoms with van der Waals surface area (Å²) in [7, 11) is 0. The summed E-state index contributed by atoms with van der Waals surface area (Å²) in [5, 5.41) is 7.32. The van der Waals surface area contributed by atoms with Crippen LogP contribution in [0.2, 0.25) is 0 Å². The van der Waals surface area contributed by atoms with Crippen LogP contribution in [0.3, 0.4) is 0 Å². The molecule has 3 rings (SSSR count). The summed E-state index contributed by atoms with van der Waals surface area (Å²) in [5.41, 5.74) is 4.09. The molecule has 1 amide bonds. The van der Waals surface area contributed by atoms with Crippen LogP contribution in [0.1, 0.15) is 35.1 Å². The fourth-order valence-electron chi connectivity index (χ4n) is 2.58. The third-order valence-corrected chi connectivity index (χ3v) is 4.00. The first-order valence-electron chi connectivity index (χ1n) is 8.48. The Kier molecular flexibility index (Phi) is 4.93. The van der Waals surface area contributed by atoms with Gasteiger partial charge in [-0.25, -0.2) is 9.67 Å². The fraction of sp³-hybridized carbons (Fsp3) is 0.250. The molecule has 25 heavy (non-hydrogen) atoms. The van der Waals surface area contributed by atoms with Crippen molar-refractivity contribution in [3.63, 3.8) is 0 Å². The van der Waals surface area contributed by atoms with Crippen LogP contribution in [-0.2, 0) is 0 Å². The largest absolute Gasteiger partial charge is 0.349 e. The normalized spacial score (nSPS) is 10.7. The van der Waals surface area contributed by atoms with E-state index in [1.165, 1.54) is 5.56 Å². The molecule has 0 aliphatic rings. The molecular formula is C20H22N4O. The Morgan fingerprint density at radius 3 is 2.48 bits per heavy atom. The Morgan fingerprint density at radius 1 is 1.08 bits per heavy atom. The molecular weight excluding hydrogens is 312 g/mol. The fourth-order valence-corrected chi connectivity index (χ4v) is 2.58. The smallest absolute Gasteiger partial charge is 0.290 e. The van der Waals surface area contributed by atoms with Gasteiger partial charge in [0, 0.05) is 12.1 Å². The zero-order valence-electron chi connectivity index (χ0n) is 14.8. The predicted molar refractivity (Wildman–Crippen MR) is 98.9 cm³/mol. The molecule has 0 bridgehead atoms. The topological polar surface area (TPSA) is 59.8 Å². The lowest BCUT2D eigenvalue weighted by molar-refractivity contribution is 0.0943. The van der Waals surface area contributed by atoms with Gasteiger partial charge < -0.3 is 5.32 Å². The van der Waals surface area contributed by atoms with Crippen molar-refractivity contribution in [3.05, 3.63) is 65.5 Å². The molecule has 0 unspecified atom stereocenters. The second-order valence-corrected chi connectivity index (χ2v) is 6.08. The van der Waals surface area contributed by atoms with E-state index in [1.54, 1.807) is 4.68 Å². The molecule has 1 heterocycles. The van der Waals surface area contributed by atoms with Crippen LogP contribution < -0.4 is 5.32 Å². The summed E-state index contributed by atoms with van der Waals surface area (Å²) < 4.78 is 1.75. The molecule has 1 aromatic heterocycles. The first-order chi connectivity index (χ1) is 12.1. The van der Waals surface area contributed by atoms with Crippen LogP contribution in [0, 0.1) is 13.8 Å². The van der Waals surface area contributed by atoms with Crippen LogP contribution >= 0.6 is 0 Å². The Hall–Kier alpha value is -2.95. The Morgan fingerprint density at radius 2 is 1.80 bits per heavy atom. The number of hydrogen-bond donors (Lipinski definition) is 1. The SMILES string of the molecule is CCCNC(=O)c1nc(-c2ccc(C)cc2)n(-c2ccccc2C)n1. The summed E-state index contributed by atoms with van der Waals surface area (Å²) in [4.78, 5) is 16.8. The molecule has 5 nitrogen and oxygen atoms in total. The average molecular weight is 334 g/mol. The quantitative estimate of drug-likeness (QED) is 0.774. The molecule has 3 aromatic rings. The number of amides is 1. The van der Waals surface area contributed by atoms with Crippen LogP contribution in [0.5, 0.6) is 0 Å². The lowest BCUT2D eigenvalue weighted by Crippen LogP contribution is -2.25. The van der Waals surface area contributed by atoms with Crippen molar-refractivity contribution in [2.75, 3.05) is 6.54 Å². The van der Waals surface area contributed by atoms with Crippen molar-refractivity contribution < 1.29 is 4.79 Å². The number of para-hydroxylation sites is 1. The number of hydrogen-bond acceptors (Lipinski definition) is 3. The standard InChI is InChI=1S/C20H22N4O/c1-4-13-21-20(25)18-22-19(16-11-9-14(2)10-12-16)24(23-18)17-8-6-5-7-15(17)3/h5-12H,4,13H2,1-3H3,(H,21,25). The molecule has 128 valence electrons. The van der Waals surface area contributed by atoms with Crippen LogP contribution in [-0.4, -0.2) is 27.2 Å². The number of aromatic nitrogens is 3. The van der Waals surface area contributed by atoms with Crippen molar-refractivity contribution in [1.29, 1.82) is 0 Å². The molecule has 0 aliphatic heterocycles. The number of rotatable bonds is 5. The molecule has 0 fully saturated rings. The van der Waals surface area contributed by atoms with E-state index in [0.29, 0.717) is 12.4 Å². The van der Waals surface area contributed by atoms with Crippen molar-refractivity contribution in [3.8, 4) is 17.1 Å². The van der Waals surface area contributed by atoms with Gasteiger partial charge in [0.15, 0.2) is 5.82 Å². The van der Waals surface area contributed by atoms with Gasteiger partial charge in [0.1, 0.15) is 0 Å². The second-order valence-electron chi connectivity index (χ2n) is 6.08. The molecule has 2 aromatic carbocycles. The minimum absolute atomic E-state index is 0.187. The van der Waals surface area contributed by atoms with Crippen LogP contribution in [0.4, 0.5) is 0 Å². The maximum atomic E-state index is 12.3. The third kappa shape index (κ3) is 3.60. The summed E-state index contributed by atoms with van der Waals surface area (Å²) >= 11 is 0. The Balaban J connectivity index is 2.11. The van der Waals surface area contributed by atoms with E-state index in [-0.39, 0.29) is 11.7 Å². The van der Waals surface area contributed by atoms with Crippen molar-refractivity contribution >= 4 is 5.91 Å². The van der Waals surface area contributed by atoms with Crippen molar-refractivity contribution in [2.45, 2.75) is 27.2 Å². The van der Waals surface area contributed by atoms with Gasteiger partial charge in [0.25, 0.3) is 5.91 Å². The third-order valence-electron chi connectivity index (χ3n) is 4.00. The van der Waals surface area contributed by atoms with Gasteiger partial charge in [-0.1, -0.05) is 55.0 Å². The molecule has 0 aliphatic carbocycles. The minimum atomic E-state index is -0.248. The number of nitrogens with one attached hydrogen (secondary N) is 1. The number of benzene rings is 2. The lowest BCUT2D eigenvalue weighted by atomic mass is 10.1. The maximum Gasteiger partial charge on any atom is 0.290 e. The van der Waals surface area contributed by atoms with Crippen molar-refractivity contribution in [1.82, 2.24) is 20.1 Å². The van der Waals surface area contributed by atoms with E-state index in [0.717, 1.165) is 23.2 Å². The minimum Gasteiger partial charge on any atom is -0.349 e. The van der Waals surface area contributed by atoms with E-state index in [9.17, 15) is 4.79 Å². The Labute approximate surface area is 147 Å². The van der Waals surface area contributed by atoms with Gasteiger partial charge in [-0.3, -0.25) is 4.79 Å². The first-order valence-corrected chi connectivity index (χ1v) is 8.48. The molecule has 0 radical (unpaired) electrons. The number of nitrogens with zero attached hydrogens (tertiary/aromatic N) is 3. The highest BCUT2D eigenvalue weighted by molar-refractivity contribution is 5.91. The number of carbonyl (C=O) groups is 1. The molecule has 0 saturated carbocycles. The molecule has 5 heteroatoms. The van der Waals surface area contributed by atoms with E-state index in [1.807, 2.05) is 69.3 Å². The van der Waals surface area contributed by atoms with Crippen LogP contribution in [0.25, 0.3) is 17.1 Å². The lowest BCUT2D eigenvalue weighted by Gasteiger charge is -2.08. The van der Waals surface area contributed by atoms with E-state index in [2.05, 4.69) is 15.4 Å². The molecule has 0 atom stereocenters. The zero-order chi connectivity index (χ0) is 17.8. The molecule has 1 N–H and O–H groups in total. The van der Waals surface area contributed by atoms with Crippen molar-refractivity contribution in [2.24, 2.45) is 0 Å². The van der Waals surface area contributed by atoms with Crippen LogP contribution in [0.15, 0.2) is 48.5 Å². The van der Waals surface area contributed by atoms with Gasteiger partial charge in [0.2, 0.25) is 5.82 Å². The highest BCUT2D eigenvalue weighted by Gasteiger charge is 2.19. The highest BCUT2D eigenvalue weighted by Crippen LogP contribution is 2.23. The average Bonchev–Trinajstić information content (AvgIpc) is 3.06. The zero-order valence-corrected chi connectivity index (χ0v) is 14.8. The summed E-state index contributed by atoms with van der Waals surface area (Å²) in [6.45, 7) is 6.68. The molecule has 0 saturated heterocycles. The Bertz CT molecular complexity index is 881. The van der Waals surface area contributed by atoms with E-state index in [4.69, 9.17) is 0 Å². The summed E-state index contributed by atoms with van der Waals surface area (Å²) in [6, 6.07) is 16.0. The first kappa shape index (κ1) is 16.9. The van der Waals surface area contributed by atoms with Gasteiger partial charge in [-0.2, -0.15) is 0 Å². The molecule has 0 spiro atoms. The van der Waals surface area contributed by atoms with Gasteiger partial charge in [0.05, 0.1) is 5.69 Å². The highest BCUT2D eigenvalue weighted by atomic mass is 16.2. The number of carbonyl (C=O) groups excluding carboxylic acids is 1. The van der Waals surface area contributed by atoms with Gasteiger partial charge >= 0.3 is 0 Å². The van der Waals surface area contributed by atoms with Gasteiger partial charge in [-0.05, 0) is 31.9 Å². The number of aryl methyl sites for hydroxylation is 2. The summed E-state index contributed by atoms with van der Waals surface area (Å²) in [5.74, 6) is 0.603. The monoisotopic (exact) mass is 334 g/mol. The maximum absolute atomic E-state index is 12.3. The van der Waals surface area contributed by atoms with E-state index < -0.39 is 0 Å². The van der Waals surface area contributed by atoms with E-state index >= 15 is 0 Å². The second kappa shape index (κ2) is 7.30. The predicted octanol–water partition coefficient (Wildman–Crippen LogP) is 3.69. The summed E-state index contributed by atoms with van der Waals surface area (Å²) in [6.07, 6.45) is 0.870. The van der Waals surface area contributed by atoms with Gasteiger partial charge in [-0.15, -0.1) is 5.10 Å².